The summed E-state index contributed by atoms with van der Waals surface area (Å²) in [6.45, 7) is 4.15. The average molecular weight is 370 g/mol. The number of benzene rings is 3. The molecule has 0 heterocycles. The summed E-state index contributed by atoms with van der Waals surface area (Å²) in [6.07, 6.45) is 1.89. The highest BCUT2D eigenvalue weighted by Crippen LogP contribution is 2.14. The van der Waals surface area contributed by atoms with Gasteiger partial charge in [-0.3, -0.25) is 0 Å². The van der Waals surface area contributed by atoms with Crippen molar-refractivity contribution in [3.05, 3.63) is 106 Å². The lowest BCUT2D eigenvalue weighted by Gasteiger charge is -1.99. The van der Waals surface area contributed by atoms with Crippen LogP contribution >= 0.6 is 0 Å². The predicted molar refractivity (Wildman–Crippen MR) is 110 cm³/mol. The van der Waals surface area contributed by atoms with Crippen molar-refractivity contribution in [2.45, 2.75) is 26.7 Å². The SMILES string of the molecule is CCc1ccc(C#Cc2cc(F)c(C#Cc3ccc(CC)cc3)cc2F)cc1. The normalized spacial score (nSPS) is 9.86. The molecule has 0 aliphatic carbocycles. The van der Waals surface area contributed by atoms with E-state index in [1.165, 1.54) is 11.1 Å². The highest BCUT2D eigenvalue weighted by Gasteiger charge is 2.07. The molecular weight excluding hydrogens is 350 g/mol. The van der Waals surface area contributed by atoms with Crippen LogP contribution in [0.4, 0.5) is 8.78 Å². The Bertz CT molecular complexity index is 993. The van der Waals surface area contributed by atoms with Gasteiger partial charge in [-0.15, -0.1) is 0 Å². The second-order valence-corrected chi connectivity index (χ2v) is 6.41. The summed E-state index contributed by atoms with van der Waals surface area (Å²) in [5, 5.41) is 0. The average Bonchev–Trinajstić information content (AvgIpc) is 2.73. The fraction of sp³-hybridized carbons (Fsp3) is 0.154. The molecule has 2 heteroatoms. The summed E-state index contributed by atoms with van der Waals surface area (Å²) in [5.41, 5.74) is 3.97. The van der Waals surface area contributed by atoms with E-state index in [2.05, 4.69) is 37.5 Å². The van der Waals surface area contributed by atoms with Gasteiger partial charge < -0.3 is 0 Å². The third-order valence-corrected chi connectivity index (χ3v) is 4.46. The molecule has 28 heavy (non-hydrogen) atoms. The van der Waals surface area contributed by atoms with Crippen LogP contribution in [0.3, 0.4) is 0 Å². The molecular formula is C26H20F2. The highest BCUT2D eigenvalue weighted by molar-refractivity contribution is 5.49. The molecule has 0 radical (unpaired) electrons. The fourth-order valence-corrected chi connectivity index (χ4v) is 2.66. The number of rotatable bonds is 2. The van der Waals surface area contributed by atoms with Crippen molar-refractivity contribution in [2.24, 2.45) is 0 Å². The zero-order chi connectivity index (χ0) is 19.9. The summed E-state index contributed by atoms with van der Waals surface area (Å²) < 4.78 is 28.7. The first-order valence-corrected chi connectivity index (χ1v) is 9.30. The minimum absolute atomic E-state index is 0.0231. The van der Waals surface area contributed by atoms with Gasteiger partial charge in [0, 0.05) is 11.1 Å². The molecule has 0 aliphatic rings. The van der Waals surface area contributed by atoms with E-state index in [1.54, 1.807) is 0 Å². The summed E-state index contributed by atoms with van der Waals surface area (Å²) >= 11 is 0. The van der Waals surface area contributed by atoms with Crippen LogP contribution in [-0.2, 0) is 12.8 Å². The van der Waals surface area contributed by atoms with Crippen LogP contribution in [-0.4, -0.2) is 0 Å². The van der Waals surface area contributed by atoms with Crippen molar-refractivity contribution >= 4 is 0 Å². The number of aryl methyl sites for hydroxylation is 2. The van der Waals surface area contributed by atoms with Crippen LogP contribution in [0.25, 0.3) is 0 Å². The maximum Gasteiger partial charge on any atom is 0.140 e. The standard InChI is InChI=1S/C26H20F2/c1-3-19-5-9-21(10-6-19)13-15-23-17-26(28)24(18-25(23)27)16-14-22-11-7-20(4-2)8-12-22/h5-12,17-18H,3-4H2,1-2H3. The largest absolute Gasteiger partial charge is 0.206 e. The molecule has 138 valence electrons. The van der Waals surface area contributed by atoms with Gasteiger partial charge in [0.05, 0.1) is 11.1 Å². The molecule has 0 unspecified atom stereocenters. The van der Waals surface area contributed by atoms with Gasteiger partial charge in [0.1, 0.15) is 11.6 Å². The molecule has 0 nitrogen and oxygen atoms in total. The second kappa shape index (κ2) is 9.03. The Labute approximate surface area is 165 Å². The number of hydrogen-bond donors (Lipinski definition) is 0. The van der Waals surface area contributed by atoms with E-state index >= 15 is 0 Å². The Hall–Kier alpha value is -3.36. The van der Waals surface area contributed by atoms with Gasteiger partial charge in [-0.1, -0.05) is 61.8 Å². The van der Waals surface area contributed by atoms with Crippen molar-refractivity contribution in [1.82, 2.24) is 0 Å². The van der Waals surface area contributed by atoms with Gasteiger partial charge >= 0.3 is 0 Å². The zero-order valence-electron chi connectivity index (χ0n) is 15.9. The van der Waals surface area contributed by atoms with E-state index in [-0.39, 0.29) is 11.1 Å². The third-order valence-electron chi connectivity index (χ3n) is 4.46. The Morgan fingerprint density at radius 2 is 0.929 bits per heavy atom. The molecule has 0 aliphatic heterocycles. The number of halogens is 2. The lowest BCUT2D eigenvalue weighted by molar-refractivity contribution is 0.594. The van der Waals surface area contributed by atoms with E-state index in [0.29, 0.717) is 0 Å². The lowest BCUT2D eigenvalue weighted by Crippen LogP contribution is -1.92. The lowest BCUT2D eigenvalue weighted by atomic mass is 10.1. The van der Waals surface area contributed by atoms with Crippen molar-refractivity contribution < 1.29 is 8.78 Å². The van der Waals surface area contributed by atoms with Gasteiger partial charge in [-0.2, -0.15) is 0 Å². The summed E-state index contributed by atoms with van der Waals surface area (Å²) in [7, 11) is 0. The van der Waals surface area contributed by atoms with Gasteiger partial charge in [-0.25, -0.2) is 8.78 Å². The van der Waals surface area contributed by atoms with Crippen LogP contribution in [0.15, 0.2) is 60.7 Å². The monoisotopic (exact) mass is 370 g/mol. The van der Waals surface area contributed by atoms with E-state index in [1.807, 2.05) is 48.5 Å². The first-order valence-electron chi connectivity index (χ1n) is 9.30. The molecule has 0 saturated carbocycles. The molecule has 3 aromatic rings. The molecule has 0 saturated heterocycles. The molecule has 3 rings (SSSR count). The van der Waals surface area contributed by atoms with Gasteiger partial charge in [-0.05, 0) is 60.4 Å². The van der Waals surface area contributed by atoms with Crippen molar-refractivity contribution in [1.29, 1.82) is 0 Å². The topological polar surface area (TPSA) is 0 Å². The van der Waals surface area contributed by atoms with E-state index < -0.39 is 11.6 Å². The second-order valence-electron chi connectivity index (χ2n) is 6.41. The summed E-state index contributed by atoms with van der Waals surface area (Å²) in [5.74, 6) is 10.0. The number of hydrogen-bond acceptors (Lipinski definition) is 0. The maximum atomic E-state index is 14.3. The highest BCUT2D eigenvalue weighted by atomic mass is 19.1. The molecule has 0 fully saturated rings. The van der Waals surface area contributed by atoms with Gasteiger partial charge in [0.25, 0.3) is 0 Å². The van der Waals surface area contributed by atoms with Crippen LogP contribution in [0.5, 0.6) is 0 Å². The zero-order valence-corrected chi connectivity index (χ0v) is 15.9. The Kier molecular flexibility index (Phi) is 6.25. The molecule has 0 N–H and O–H groups in total. The quantitative estimate of drug-likeness (QED) is 0.494. The molecule has 0 aromatic heterocycles. The smallest absolute Gasteiger partial charge is 0.140 e. The Morgan fingerprint density at radius 3 is 1.25 bits per heavy atom. The molecule has 0 atom stereocenters. The van der Waals surface area contributed by atoms with Crippen LogP contribution < -0.4 is 0 Å². The molecule has 0 bridgehead atoms. The molecule has 0 amide bonds. The van der Waals surface area contributed by atoms with Crippen molar-refractivity contribution in [2.75, 3.05) is 0 Å². The Balaban J connectivity index is 1.83. The minimum Gasteiger partial charge on any atom is -0.206 e. The van der Waals surface area contributed by atoms with Gasteiger partial charge in [0.15, 0.2) is 0 Å². The molecule has 0 spiro atoms. The van der Waals surface area contributed by atoms with Crippen LogP contribution in [0.1, 0.15) is 47.2 Å². The maximum absolute atomic E-state index is 14.3. The van der Waals surface area contributed by atoms with Gasteiger partial charge in [0.2, 0.25) is 0 Å². The summed E-state index contributed by atoms with van der Waals surface area (Å²) in [6, 6.07) is 17.6. The Morgan fingerprint density at radius 1 is 0.571 bits per heavy atom. The fourth-order valence-electron chi connectivity index (χ4n) is 2.66. The van der Waals surface area contributed by atoms with E-state index in [0.717, 1.165) is 36.1 Å². The minimum atomic E-state index is -0.579. The third kappa shape index (κ3) is 4.87. The van der Waals surface area contributed by atoms with Crippen LogP contribution in [0.2, 0.25) is 0 Å². The summed E-state index contributed by atoms with van der Waals surface area (Å²) in [4.78, 5) is 0. The van der Waals surface area contributed by atoms with Crippen LogP contribution in [0, 0.1) is 35.3 Å². The van der Waals surface area contributed by atoms with Crippen molar-refractivity contribution in [3.63, 3.8) is 0 Å². The first-order chi connectivity index (χ1) is 13.6. The van der Waals surface area contributed by atoms with Crippen molar-refractivity contribution in [3.8, 4) is 23.7 Å². The molecule has 3 aromatic carbocycles. The predicted octanol–water partition coefficient (Wildman–Crippen LogP) is 5.89. The first kappa shape index (κ1) is 19.4. The van der Waals surface area contributed by atoms with E-state index in [4.69, 9.17) is 0 Å². The van der Waals surface area contributed by atoms with E-state index in [9.17, 15) is 8.78 Å².